The summed E-state index contributed by atoms with van der Waals surface area (Å²) in [5.41, 5.74) is -0.0966. The van der Waals surface area contributed by atoms with Crippen LogP contribution in [-0.4, -0.2) is 27.4 Å². The fourth-order valence-corrected chi connectivity index (χ4v) is 3.74. The Balaban J connectivity index is 1.90. The highest BCUT2D eigenvalue weighted by atomic mass is 79.9. The van der Waals surface area contributed by atoms with Crippen molar-refractivity contribution in [3.63, 3.8) is 0 Å². The molecule has 2 aromatic carbocycles. The maximum atomic E-state index is 12.5. The first-order chi connectivity index (χ1) is 13.2. The van der Waals surface area contributed by atoms with Crippen LogP contribution in [-0.2, 0) is 4.79 Å². The van der Waals surface area contributed by atoms with Gasteiger partial charge in [0.1, 0.15) is 5.69 Å². The molecule has 0 saturated carbocycles. The van der Waals surface area contributed by atoms with Crippen molar-refractivity contribution in [1.29, 1.82) is 0 Å². The number of nitrogens with zero attached hydrogens (tertiary/aromatic N) is 3. The second-order valence-electron chi connectivity index (χ2n) is 5.48. The molecule has 1 aliphatic heterocycles. The molecule has 1 N–H and O–H groups in total. The van der Waals surface area contributed by atoms with E-state index in [-0.39, 0.29) is 37.8 Å². The summed E-state index contributed by atoms with van der Waals surface area (Å²) in [6.45, 7) is 0. The summed E-state index contributed by atoms with van der Waals surface area (Å²) in [7, 11) is 0. The highest BCUT2D eigenvalue weighted by Gasteiger charge is 2.38. The fraction of sp³-hybridized carbons (Fsp3) is 0.0625. The first-order valence-electron chi connectivity index (χ1n) is 7.46. The Morgan fingerprint density at radius 3 is 2.46 bits per heavy atom. The number of non-ortho nitro benzene ring substituents is 1. The predicted octanol–water partition coefficient (Wildman–Crippen LogP) is 4.41. The molecule has 0 saturated heterocycles. The first-order valence-corrected chi connectivity index (χ1v) is 9.51. The van der Waals surface area contributed by atoms with Gasteiger partial charge in [0.25, 0.3) is 17.5 Å². The molecule has 2 amide bonds. The predicted molar refractivity (Wildman–Crippen MR) is 110 cm³/mol. The number of halogens is 4. The van der Waals surface area contributed by atoms with Gasteiger partial charge < -0.3 is 5.32 Å². The van der Waals surface area contributed by atoms with Crippen molar-refractivity contribution in [2.45, 2.75) is 4.83 Å². The van der Waals surface area contributed by atoms with Crippen LogP contribution in [0.25, 0.3) is 0 Å². The van der Waals surface area contributed by atoms with Crippen molar-refractivity contribution in [2.75, 3.05) is 5.01 Å². The number of nitrogens with one attached hydrogen (secondary N) is 1. The zero-order valence-corrected chi connectivity index (χ0v) is 17.4. The Labute approximate surface area is 181 Å². The Morgan fingerprint density at radius 1 is 1.21 bits per heavy atom. The molecule has 0 bridgehead atoms. The van der Waals surface area contributed by atoms with E-state index < -0.39 is 21.6 Å². The minimum absolute atomic E-state index is 0.0245. The number of hydrogen-bond donors (Lipinski definition) is 1. The summed E-state index contributed by atoms with van der Waals surface area (Å²) < 4.78 is 0. The van der Waals surface area contributed by atoms with Gasteiger partial charge in [-0.05, 0) is 18.2 Å². The number of carbonyl (C=O) groups excluding carboxylic acids is 2. The molecule has 3 rings (SSSR count). The number of amides is 2. The highest BCUT2D eigenvalue weighted by Crippen LogP contribution is 2.39. The van der Waals surface area contributed by atoms with Crippen LogP contribution in [0, 0.1) is 10.1 Å². The number of amidine groups is 1. The number of carbonyl (C=O) groups is 2. The Morgan fingerprint density at radius 2 is 1.86 bits per heavy atom. The third-order valence-corrected chi connectivity index (χ3v) is 5.25. The van der Waals surface area contributed by atoms with Gasteiger partial charge in [0.05, 0.1) is 15.0 Å². The monoisotopic (exact) mass is 504 g/mol. The Hall–Kier alpha value is -2.20. The van der Waals surface area contributed by atoms with Gasteiger partial charge in [-0.1, -0.05) is 56.8 Å². The molecule has 0 radical (unpaired) electrons. The number of nitro benzene ring substituents is 1. The number of anilines is 1. The molecule has 12 heteroatoms. The first kappa shape index (κ1) is 20.5. The van der Waals surface area contributed by atoms with E-state index in [9.17, 15) is 19.7 Å². The molecule has 0 fully saturated rings. The summed E-state index contributed by atoms with van der Waals surface area (Å²) in [6.07, 6.45) is 0. The number of rotatable bonds is 3. The average Bonchev–Trinajstić information content (AvgIpc) is 2.89. The molecule has 1 atom stereocenters. The van der Waals surface area contributed by atoms with Crippen LogP contribution >= 0.6 is 50.7 Å². The van der Waals surface area contributed by atoms with E-state index in [1.807, 2.05) is 0 Å². The molecule has 2 aromatic rings. The fourth-order valence-electron chi connectivity index (χ4n) is 2.37. The van der Waals surface area contributed by atoms with Crippen LogP contribution in [0.3, 0.4) is 0 Å². The Kier molecular flexibility index (Phi) is 5.90. The summed E-state index contributed by atoms with van der Waals surface area (Å²) >= 11 is 21.3. The molecule has 144 valence electrons. The lowest BCUT2D eigenvalue weighted by atomic mass is 10.2. The van der Waals surface area contributed by atoms with Crippen LogP contribution < -0.4 is 10.3 Å². The van der Waals surface area contributed by atoms with E-state index >= 15 is 0 Å². The molecular weight excluding hydrogens is 498 g/mol. The third-order valence-electron chi connectivity index (χ3n) is 3.63. The summed E-state index contributed by atoms with van der Waals surface area (Å²) in [5, 5.41) is 18.8. The van der Waals surface area contributed by atoms with E-state index in [1.54, 1.807) is 0 Å². The molecule has 28 heavy (non-hydrogen) atoms. The van der Waals surface area contributed by atoms with Crippen molar-refractivity contribution in [2.24, 2.45) is 5.10 Å². The van der Waals surface area contributed by atoms with Gasteiger partial charge in [0.15, 0.2) is 10.7 Å². The minimum atomic E-state index is -0.974. The van der Waals surface area contributed by atoms with E-state index in [0.717, 1.165) is 11.1 Å². The van der Waals surface area contributed by atoms with E-state index in [0.29, 0.717) is 0 Å². The van der Waals surface area contributed by atoms with Crippen LogP contribution in [0.5, 0.6) is 0 Å². The lowest BCUT2D eigenvalue weighted by Gasteiger charge is -2.15. The van der Waals surface area contributed by atoms with Crippen LogP contribution in [0.2, 0.25) is 15.1 Å². The quantitative estimate of drug-likeness (QED) is 0.378. The second kappa shape index (κ2) is 8.04. The third kappa shape index (κ3) is 3.97. The number of nitro groups is 1. The smallest absolute Gasteiger partial charge is 0.270 e. The summed E-state index contributed by atoms with van der Waals surface area (Å²) in [4.78, 5) is 34.2. The van der Waals surface area contributed by atoms with Gasteiger partial charge in [-0.2, -0.15) is 5.01 Å². The maximum Gasteiger partial charge on any atom is 0.270 e. The van der Waals surface area contributed by atoms with Crippen molar-refractivity contribution in [3.05, 3.63) is 67.1 Å². The summed E-state index contributed by atoms with van der Waals surface area (Å²) in [6, 6.07) is 7.94. The SMILES string of the molecule is O=C(NC1=NN(c2c(Cl)cc(Cl)cc2Cl)C(=O)C1Br)c1cccc([N+](=O)[O-])c1. The zero-order valence-electron chi connectivity index (χ0n) is 13.5. The average molecular weight is 507 g/mol. The van der Waals surface area contributed by atoms with Crippen LogP contribution in [0.15, 0.2) is 41.5 Å². The standard InChI is InChI=1S/C16H8BrCl3N4O4/c17-12-14(21-15(25)7-2-1-3-9(4-7)24(27)28)22-23(16(12)26)13-10(19)5-8(18)6-11(13)20/h1-6,12H,(H,21,22,25). The lowest BCUT2D eigenvalue weighted by molar-refractivity contribution is -0.384. The van der Waals surface area contributed by atoms with Crippen LogP contribution in [0.1, 0.15) is 10.4 Å². The molecule has 0 aromatic heterocycles. The molecule has 0 aliphatic carbocycles. The molecule has 1 unspecified atom stereocenters. The van der Waals surface area contributed by atoms with Crippen LogP contribution in [0.4, 0.5) is 11.4 Å². The largest absolute Gasteiger partial charge is 0.307 e. The normalized spacial score (nSPS) is 16.1. The minimum Gasteiger partial charge on any atom is -0.307 e. The molecule has 1 aliphatic rings. The number of alkyl halides is 1. The van der Waals surface area contributed by atoms with Gasteiger partial charge >= 0.3 is 0 Å². The molecule has 1 heterocycles. The van der Waals surface area contributed by atoms with Gasteiger partial charge in [-0.25, -0.2) is 0 Å². The van der Waals surface area contributed by atoms with Gasteiger partial charge in [-0.15, -0.1) is 5.10 Å². The van der Waals surface area contributed by atoms with Crippen molar-refractivity contribution in [3.8, 4) is 0 Å². The maximum absolute atomic E-state index is 12.5. The Bertz CT molecular complexity index is 1020. The van der Waals surface area contributed by atoms with Crippen molar-refractivity contribution in [1.82, 2.24) is 5.32 Å². The van der Waals surface area contributed by atoms with Crippen molar-refractivity contribution >= 4 is 79.8 Å². The molecular formula is C16H8BrCl3N4O4. The summed E-state index contributed by atoms with van der Waals surface area (Å²) in [5.74, 6) is -1.24. The van der Waals surface area contributed by atoms with E-state index in [4.69, 9.17) is 34.8 Å². The number of hydrazone groups is 1. The number of benzene rings is 2. The zero-order chi connectivity index (χ0) is 20.6. The number of hydrogen-bond acceptors (Lipinski definition) is 5. The van der Waals surface area contributed by atoms with Gasteiger partial charge in [-0.3, -0.25) is 19.7 Å². The second-order valence-corrected chi connectivity index (χ2v) is 7.64. The molecule has 0 spiro atoms. The molecule has 8 nitrogen and oxygen atoms in total. The van der Waals surface area contributed by atoms with E-state index in [1.165, 1.54) is 30.3 Å². The van der Waals surface area contributed by atoms with Gasteiger partial charge in [0, 0.05) is 22.7 Å². The van der Waals surface area contributed by atoms with Crippen molar-refractivity contribution < 1.29 is 14.5 Å². The van der Waals surface area contributed by atoms with Gasteiger partial charge in [0.2, 0.25) is 0 Å². The lowest BCUT2D eigenvalue weighted by Crippen LogP contribution is -2.37. The topological polar surface area (TPSA) is 105 Å². The highest BCUT2D eigenvalue weighted by molar-refractivity contribution is 9.10. The van der Waals surface area contributed by atoms with E-state index in [2.05, 4.69) is 26.3 Å².